The van der Waals surface area contributed by atoms with Gasteiger partial charge in [-0.2, -0.15) is 13.2 Å². The quantitative estimate of drug-likeness (QED) is 0.906. The van der Waals surface area contributed by atoms with Gasteiger partial charge in [-0.3, -0.25) is 4.79 Å². The van der Waals surface area contributed by atoms with E-state index in [1.165, 1.54) is 31.2 Å². The predicted octanol–water partition coefficient (Wildman–Crippen LogP) is 3.12. The third-order valence-electron chi connectivity index (χ3n) is 2.64. The minimum absolute atomic E-state index is 0.0497. The molecule has 18 heavy (non-hydrogen) atoms. The van der Waals surface area contributed by atoms with Crippen LogP contribution < -0.4 is 0 Å². The van der Waals surface area contributed by atoms with E-state index in [0.717, 1.165) is 7.11 Å². The molecule has 0 aliphatic heterocycles. The van der Waals surface area contributed by atoms with Crippen molar-refractivity contribution in [1.29, 1.82) is 0 Å². The molecule has 3 nitrogen and oxygen atoms in total. The highest BCUT2D eigenvalue weighted by Crippen LogP contribution is 2.35. The molecule has 0 fully saturated rings. The summed E-state index contributed by atoms with van der Waals surface area (Å²) in [4.78, 5) is 10.7. The molecule has 0 bridgehead atoms. The van der Waals surface area contributed by atoms with Crippen LogP contribution in [0.1, 0.15) is 30.1 Å². The van der Waals surface area contributed by atoms with E-state index in [4.69, 9.17) is 5.11 Å². The number of alkyl halides is 3. The Balaban J connectivity index is 2.98. The van der Waals surface area contributed by atoms with Gasteiger partial charge < -0.3 is 9.84 Å². The van der Waals surface area contributed by atoms with E-state index >= 15 is 0 Å². The normalized spacial score (nSPS) is 15.2. The van der Waals surface area contributed by atoms with Gasteiger partial charge in [-0.25, -0.2) is 0 Å². The van der Waals surface area contributed by atoms with E-state index in [-0.39, 0.29) is 5.56 Å². The zero-order valence-corrected chi connectivity index (χ0v) is 9.86. The number of halogens is 3. The topological polar surface area (TPSA) is 46.5 Å². The largest absolute Gasteiger partial charge is 0.481 e. The minimum Gasteiger partial charge on any atom is -0.481 e. The first kappa shape index (κ1) is 14.5. The maximum Gasteiger partial charge on any atom is 0.418 e. The van der Waals surface area contributed by atoms with Crippen molar-refractivity contribution in [3.8, 4) is 0 Å². The first-order valence-electron chi connectivity index (χ1n) is 5.19. The van der Waals surface area contributed by atoms with Crippen molar-refractivity contribution in [2.75, 3.05) is 7.11 Å². The maximum absolute atomic E-state index is 12.6. The maximum atomic E-state index is 12.6. The van der Waals surface area contributed by atoms with Crippen molar-refractivity contribution in [3.05, 3.63) is 35.4 Å². The summed E-state index contributed by atoms with van der Waals surface area (Å²) in [5.41, 5.74) is 0.398. The second-order valence-corrected chi connectivity index (χ2v) is 3.88. The first-order chi connectivity index (χ1) is 8.27. The Morgan fingerprint density at radius 2 is 1.67 bits per heavy atom. The molecule has 6 heteroatoms. The van der Waals surface area contributed by atoms with Crippen molar-refractivity contribution in [3.63, 3.8) is 0 Å². The van der Waals surface area contributed by atoms with Gasteiger partial charge in [-0.05, 0) is 18.1 Å². The SMILES string of the molecule is COC(c1ccc(C(C)C(=O)O)cc1)C(F)(F)F. The van der Waals surface area contributed by atoms with Crippen LogP contribution in [-0.2, 0) is 9.53 Å². The molecule has 1 aromatic carbocycles. The van der Waals surface area contributed by atoms with Crippen molar-refractivity contribution >= 4 is 5.97 Å². The van der Waals surface area contributed by atoms with Gasteiger partial charge >= 0.3 is 12.1 Å². The highest BCUT2D eigenvalue weighted by atomic mass is 19.4. The fourth-order valence-electron chi connectivity index (χ4n) is 1.56. The molecule has 2 unspecified atom stereocenters. The number of hydrogen-bond acceptors (Lipinski definition) is 2. The van der Waals surface area contributed by atoms with Crippen molar-refractivity contribution in [2.45, 2.75) is 25.1 Å². The van der Waals surface area contributed by atoms with Crippen LogP contribution in [-0.4, -0.2) is 24.4 Å². The fourth-order valence-corrected chi connectivity index (χ4v) is 1.56. The summed E-state index contributed by atoms with van der Waals surface area (Å²) >= 11 is 0. The Kier molecular flexibility index (Phi) is 4.34. The van der Waals surface area contributed by atoms with Crippen molar-refractivity contribution in [1.82, 2.24) is 0 Å². The lowest BCUT2D eigenvalue weighted by atomic mass is 9.98. The number of benzene rings is 1. The number of carbonyl (C=O) groups is 1. The van der Waals surface area contributed by atoms with Gasteiger partial charge in [0.25, 0.3) is 0 Å². The van der Waals surface area contributed by atoms with Gasteiger partial charge in [0, 0.05) is 7.11 Å². The molecule has 0 aliphatic carbocycles. The fraction of sp³-hybridized carbons (Fsp3) is 0.417. The van der Waals surface area contributed by atoms with Gasteiger partial charge in [0.15, 0.2) is 6.10 Å². The second kappa shape index (κ2) is 5.39. The van der Waals surface area contributed by atoms with E-state index in [1.54, 1.807) is 0 Å². The molecule has 100 valence electrons. The monoisotopic (exact) mass is 262 g/mol. The Hall–Kier alpha value is -1.56. The Morgan fingerprint density at radius 1 is 1.22 bits per heavy atom. The number of rotatable bonds is 4. The molecule has 1 rings (SSSR count). The lowest BCUT2D eigenvalue weighted by Crippen LogP contribution is -2.22. The number of aliphatic carboxylic acids is 1. The third kappa shape index (κ3) is 3.22. The van der Waals surface area contributed by atoms with Crippen LogP contribution in [0, 0.1) is 0 Å². The molecule has 0 heterocycles. The second-order valence-electron chi connectivity index (χ2n) is 3.88. The smallest absolute Gasteiger partial charge is 0.418 e. The van der Waals surface area contributed by atoms with E-state index < -0.39 is 24.2 Å². The summed E-state index contributed by atoms with van der Waals surface area (Å²) in [5, 5.41) is 8.78. The lowest BCUT2D eigenvalue weighted by Gasteiger charge is -2.19. The van der Waals surface area contributed by atoms with Crippen LogP contribution in [0.15, 0.2) is 24.3 Å². The standard InChI is InChI=1S/C12H13F3O3/c1-7(11(16)17)8-3-5-9(6-4-8)10(18-2)12(13,14)15/h3-7,10H,1-2H3,(H,16,17). The van der Waals surface area contributed by atoms with E-state index in [0.29, 0.717) is 5.56 Å². The molecular weight excluding hydrogens is 249 g/mol. The third-order valence-corrected chi connectivity index (χ3v) is 2.64. The molecule has 0 aliphatic rings. The van der Waals surface area contributed by atoms with E-state index in [2.05, 4.69) is 4.74 Å². The molecule has 0 spiro atoms. The molecule has 0 aromatic heterocycles. The van der Waals surface area contributed by atoms with Crippen LogP contribution in [0.5, 0.6) is 0 Å². The van der Waals surface area contributed by atoms with E-state index in [9.17, 15) is 18.0 Å². The van der Waals surface area contributed by atoms with Crippen molar-refractivity contribution < 1.29 is 27.8 Å². The number of methoxy groups -OCH3 is 1. The van der Waals surface area contributed by atoms with Gasteiger partial charge in [-0.1, -0.05) is 24.3 Å². The number of carboxylic acids is 1. The Labute approximate surface area is 102 Å². The molecule has 2 atom stereocenters. The van der Waals surface area contributed by atoms with Gasteiger partial charge in [0.2, 0.25) is 0 Å². The molecule has 1 aromatic rings. The Morgan fingerprint density at radius 3 is 2.00 bits per heavy atom. The molecule has 0 radical (unpaired) electrons. The summed E-state index contributed by atoms with van der Waals surface area (Å²) in [6.07, 6.45) is -6.49. The first-order valence-corrected chi connectivity index (χ1v) is 5.19. The average molecular weight is 262 g/mol. The van der Waals surface area contributed by atoms with Gasteiger partial charge in [0.1, 0.15) is 0 Å². The van der Waals surface area contributed by atoms with Crippen LogP contribution in [0.3, 0.4) is 0 Å². The highest BCUT2D eigenvalue weighted by Gasteiger charge is 2.41. The van der Waals surface area contributed by atoms with Gasteiger partial charge in [-0.15, -0.1) is 0 Å². The van der Waals surface area contributed by atoms with Crippen LogP contribution in [0.4, 0.5) is 13.2 Å². The summed E-state index contributed by atoms with van der Waals surface area (Å²) in [6, 6.07) is 5.20. The van der Waals surface area contributed by atoms with Crippen LogP contribution in [0.25, 0.3) is 0 Å². The zero-order chi connectivity index (χ0) is 13.9. The summed E-state index contributed by atoms with van der Waals surface area (Å²) < 4.78 is 42.1. The number of ether oxygens (including phenoxy) is 1. The zero-order valence-electron chi connectivity index (χ0n) is 9.86. The summed E-state index contributed by atoms with van der Waals surface area (Å²) in [7, 11) is 0.978. The van der Waals surface area contributed by atoms with Gasteiger partial charge in [0.05, 0.1) is 5.92 Å². The number of carboxylic acid groups (broad SMARTS) is 1. The van der Waals surface area contributed by atoms with E-state index in [1.807, 2.05) is 0 Å². The summed E-state index contributed by atoms with van der Waals surface area (Å²) in [6.45, 7) is 1.47. The number of hydrogen-bond donors (Lipinski definition) is 1. The van der Waals surface area contributed by atoms with Crippen LogP contribution in [0.2, 0.25) is 0 Å². The lowest BCUT2D eigenvalue weighted by molar-refractivity contribution is -0.216. The molecule has 0 saturated carbocycles. The average Bonchev–Trinajstić information content (AvgIpc) is 2.28. The molecule has 1 N–H and O–H groups in total. The summed E-state index contributed by atoms with van der Waals surface area (Å²) in [5.74, 6) is -1.78. The minimum atomic E-state index is -4.49. The molecule has 0 saturated heterocycles. The van der Waals surface area contributed by atoms with Crippen molar-refractivity contribution in [2.24, 2.45) is 0 Å². The van der Waals surface area contributed by atoms with Crippen LogP contribution >= 0.6 is 0 Å². The molecule has 0 amide bonds. The highest BCUT2D eigenvalue weighted by molar-refractivity contribution is 5.75. The molecular formula is C12H13F3O3. The predicted molar refractivity (Wildman–Crippen MR) is 58.3 cm³/mol. The Bertz CT molecular complexity index is 412.